The molecule has 290 valence electrons. The van der Waals surface area contributed by atoms with E-state index < -0.39 is 0 Å². The minimum Gasteiger partial charge on any atom is -0.309 e. The number of fused-ring (bicyclic) bond motifs is 6. The number of aromatic nitrogens is 2. The summed E-state index contributed by atoms with van der Waals surface area (Å²) in [6.45, 7) is 0. The lowest BCUT2D eigenvalue weighted by Crippen LogP contribution is -1.94. The highest BCUT2D eigenvalue weighted by atomic mass is 15.0. The van der Waals surface area contributed by atoms with Gasteiger partial charge in [-0.3, -0.25) is 0 Å². The minimum atomic E-state index is 0.0311. The summed E-state index contributed by atoms with van der Waals surface area (Å²) < 4.78 is 33.8. The van der Waals surface area contributed by atoms with Crippen molar-refractivity contribution in [2.45, 2.75) is 0 Å². The van der Waals surface area contributed by atoms with Crippen molar-refractivity contribution in [1.82, 2.24) is 9.13 Å². The van der Waals surface area contributed by atoms with Crippen LogP contribution in [0.3, 0.4) is 0 Å². The van der Waals surface area contributed by atoms with Crippen LogP contribution in [-0.4, -0.2) is 9.13 Å². The van der Waals surface area contributed by atoms with Crippen molar-refractivity contribution in [3.63, 3.8) is 0 Å². The van der Waals surface area contributed by atoms with E-state index in [1.54, 1.807) is 0 Å². The quantitative estimate of drug-likeness (QED) is 0.152. The highest BCUT2D eigenvalue weighted by Crippen LogP contribution is 2.40. The highest BCUT2D eigenvalue weighted by molar-refractivity contribution is 6.13. The molecule has 2 aromatic heterocycles. The molecule has 12 aromatic rings. The number of hydrogen-bond acceptors (Lipinski definition) is 0. The number of benzene rings is 10. The summed E-state index contributed by atoms with van der Waals surface area (Å²) in [6.07, 6.45) is 0. The zero-order valence-electron chi connectivity index (χ0n) is 36.8. The lowest BCUT2D eigenvalue weighted by atomic mass is 9.98. The Hall–Kier alpha value is -8.20. The van der Waals surface area contributed by atoms with E-state index in [0.717, 1.165) is 83.0 Å². The molecule has 0 saturated heterocycles. The Morgan fingerprint density at radius 2 is 0.629 bits per heavy atom. The third-order valence-corrected chi connectivity index (χ3v) is 12.2. The van der Waals surface area contributed by atoms with Gasteiger partial charge >= 0.3 is 0 Å². The zero-order valence-corrected chi connectivity index (χ0v) is 33.8. The molecular weight excluding hydrogens is 749 g/mol. The maximum Gasteiger partial charge on any atom is 0.0645 e. The van der Waals surface area contributed by atoms with Crippen LogP contribution >= 0.6 is 0 Å². The van der Waals surface area contributed by atoms with Crippen molar-refractivity contribution < 1.29 is 4.11 Å². The van der Waals surface area contributed by atoms with E-state index in [9.17, 15) is 4.11 Å². The molecule has 0 saturated carbocycles. The van der Waals surface area contributed by atoms with E-state index >= 15 is 0 Å². The molecule has 0 spiro atoms. The largest absolute Gasteiger partial charge is 0.309 e. The highest BCUT2D eigenvalue weighted by Gasteiger charge is 2.18. The smallest absolute Gasteiger partial charge is 0.0645 e. The van der Waals surface area contributed by atoms with Crippen LogP contribution in [0.4, 0.5) is 0 Å². The van der Waals surface area contributed by atoms with Gasteiger partial charge < -0.3 is 9.13 Å². The topological polar surface area (TPSA) is 9.86 Å². The molecule has 0 N–H and O–H groups in total. The van der Waals surface area contributed by atoms with Crippen LogP contribution in [0.25, 0.3) is 111 Å². The summed E-state index contributed by atoms with van der Waals surface area (Å²) in [5.74, 6) is 0. The fourth-order valence-corrected chi connectivity index (χ4v) is 9.21. The predicted octanol–water partition coefficient (Wildman–Crippen LogP) is 16.2. The normalized spacial score (nSPS) is 12.2. The van der Waals surface area contributed by atoms with Crippen LogP contribution in [0.1, 0.15) is 4.11 Å². The Morgan fingerprint density at radius 3 is 1.19 bits per heavy atom. The molecule has 0 aliphatic heterocycles. The fourth-order valence-electron chi connectivity index (χ4n) is 9.21. The second-order valence-corrected chi connectivity index (χ2v) is 15.9. The number of para-hydroxylation sites is 1. The van der Waals surface area contributed by atoms with Crippen LogP contribution in [0.15, 0.2) is 243 Å². The first-order valence-electron chi connectivity index (χ1n) is 22.6. The summed E-state index contributed by atoms with van der Waals surface area (Å²) in [5, 5.41) is 3.63. The molecule has 0 radical (unpaired) electrons. The molecule has 0 amide bonds. The van der Waals surface area contributed by atoms with E-state index in [1.165, 1.54) is 11.1 Å². The molecular formula is C60H40N2. The first-order valence-corrected chi connectivity index (χ1v) is 21.1. The molecule has 2 heterocycles. The Balaban J connectivity index is 1.06. The van der Waals surface area contributed by atoms with Gasteiger partial charge in [0.2, 0.25) is 0 Å². The average Bonchev–Trinajstić information content (AvgIpc) is 3.90. The summed E-state index contributed by atoms with van der Waals surface area (Å²) in [5.41, 5.74) is 15.6. The van der Waals surface area contributed by atoms with Gasteiger partial charge in [0.15, 0.2) is 0 Å². The van der Waals surface area contributed by atoms with Crippen LogP contribution in [-0.2, 0) is 0 Å². The Bertz CT molecular complexity index is 3780. The van der Waals surface area contributed by atoms with Crippen molar-refractivity contribution in [1.29, 1.82) is 0 Å². The molecule has 0 aliphatic carbocycles. The summed E-state index contributed by atoms with van der Waals surface area (Å²) in [4.78, 5) is 0. The molecule has 10 aromatic carbocycles. The molecule has 0 atom stereocenters. The number of rotatable bonds is 7. The molecule has 12 rings (SSSR count). The van der Waals surface area contributed by atoms with E-state index in [4.69, 9.17) is 0 Å². The molecule has 2 heteroatoms. The van der Waals surface area contributed by atoms with E-state index in [-0.39, 0.29) is 18.1 Å². The van der Waals surface area contributed by atoms with Gasteiger partial charge in [-0.1, -0.05) is 176 Å². The van der Waals surface area contributed by atoms with Crippen molar-refractivity contribution in [3.05, 3.63) is 243 Å². The fraction of sp³-hybridized carbons (Fsp3) is 0. The standard InChI is InChI=1S/C60H40N2/c1-4-14-41(15-5-1)44-26-28-45(29-27-44)48-30-33-59-55(38-48)56-40-50(32-35-60(56)62(59)52-23-13-21-47(37-52)43-18-8-3-9-19-43)49-31-34-58-54(39-49)53-24-10-11-25-57(53)61(58)51-22-12-20-46(36-51)42-16-6-2-7-17-42/h1-40H/i31D,34D,39D. The van der Waals surface area contributed by atoms with Gasteiger partial charge in [0.1, 0.15) is 0 Å². The molecule has 62 heavy (non-hydrogen) atoms. The van der Waals surface area contributed by atoms with Gasteiger partial charge in [0.25, 0.3) is 0 Å². The molecule has 0 unspecified atom stereocenters. The van der Waals surface area contributed by atoms with Crippen molar-refractivity contribution in [2.75, 3.05) is 0 Å². The second kappa shape index (κ2) is 14.8. The van der Waals surface area contributed by atoms with Crippen LogP contribution < -0.4 is 0 Å². The summed E-state index contributed by atoms with van der Waals surface area (Å²) >= 11 is 0. The molecule has 0 aliphatic rings. The first-order chi connectivity index (χ1) is 32.0. The Labute approximate surface area is 365 Å². The van der Waals surface area contributed by atoms with Crippen molar-refractivity contribution in [2.24, 2.45) is 0 Å². The van der Waals surface area contributed by atoms with Gasteiger partial charge in [0, 0.05) is 32.9 Å². The molecule has 2 nitrogen and oxygen atoms in total. The van der Waals surface area contributed by atoms with Crippen molar-refractivity contribution in [3.8, 4) is 67.0 Å². The minimum absolute atomic E-state index is 0.0311. The maximum atomic E-state index is 9.97. The van der Waals surface area contributed by atoms with Gasteiger partial charge in [-0.15, -0.1) is 0 Å². The second-order valence-electron chi connectivity index (χ2n) is 15.9. The maximum absolute atomic E-state index is 9.97. The summed E-state index contributed by atoms with van der Waals surface area (Å²) in [7, 11) is 0. The van der Waals surface area contributed by atoms with E-state index in [1.807, 2.05) is 72.8 Å². The average molecular weight is 792 g/mol. The predicted molar refractivity (Wildman–Crippen MR) is 262 cm³/mol. The summed E-state index contributed by atoms with van der Waals surface area (Å²) in [6, 6.07) is 78.3. The van der Waals surface area contributed by atoms with E-state index in [2.05, 4.69) is 161 Å². The number of nitrogens with zero attached hydrogens (tertiary/aromatic N) is 2. The van der Waals surface area contributed by atoms with Crippen LogP contribution in [0.2, 0.25) is 0 Å². The van der Waals surface area contributed by atoms with Crippen molar-refractivity contribution >= 4 is 43.6 Å². The number of hydrogen-bond donors (Lipinski definition) is 0. The van der Waals surface area contributed by atoms with E-state index in [0.29, 0.717) is 16.5 Å². The monoisotopic (exact) mass is 791 g/mol. The van der Waals surface area contributed by atoms with Crippen LogP contribution in [0.5, 0.6) is 0 Å². The first kappa shape index (κ1) is 32.6. The van der Waals surface area contributed by atoms with Gasteiger partial charge in [0.05, 0.1) is 26.2 Å². The van der Waals surface area contributed by atoms with Crippen LogP contribution in [0, 0.1) is 0 Å². The lowest BCUT2D eigenvalue weighted by molar-refractivity contribution is 1.18. The Kier molecular flexibility index (Phi) is 7.79. The Morgan fingerprint density at radius 1 is 0.242 bits per heavy atom. The third-order valence-electron chi connectivity index (χ3n) is 12.2. The molecule has 0 fully saturated rings. The van der Waals surface area contributed by atoms with Gasteiger partial charge in [-0.25, -0.2) is 0 Å². The molecule has 0 bridgehead atoms. The van der Waals surface area contributed by atoms with Gasteiger partial charge in [-0.2, -0.15) is 0 Å². The lowest BCUT2D eigenvalue weighted by Gasteiger charge is -2.11. The SMILES string of the molecule is [2H]c1c(-c2ccc3c(c2)c2cc(-c4ccc(-c5ccccc5)cc4)ccc2n3-c2cccc(-c3ccccc3)c2)c([2H])c2c3ccccc3n(-c3cccc(-c4ccccc4)c3)c2c1[2H]. The third kappa shape index (κ3) is 6.12. The van der Waals surface area contributed by atoms with Gasteiger partial charge in [-0.05, 0) is 122 Å². The zero-order chi connectivity index (χ0) is 43.6.